The van der Waals surface area contributed by atoms with Crippen molar-refractivity contribution in [2.75, 3.05) is 19.6 Å². The van der Waals surface area contributed by atoms with Crippen molar-refractivity contribution < 1.29 is 4.79 Å². The number of carbonyl (C=O) groups is 1. The number of carbonyl (C=O) groups excluding carboxylic acids is 1. The molecule has 1 aliphatic rings. The highest BCUT2D eigenvalue weighted by Crippen LogP contribution is 2.14. The minimum absolute atomic E-state index is 0. The number of rotatable bonds is 3. The van der Waals surface area contributed by atoms with E-state index in [-0.39, 0.29) is 18.3 Å². The maximum Gasteiger partial charge on any atom is 0.261 e. The molecule has 0 spiro atoms. The summed E-state index contributed by atoms with van der Waals surface area (Å²) in [4.78, 5) is 13.6. The summed E-state index contributed by atoms with van der Waals surface area (Å²) in [6, 6.07) is 3.86. The first-order chi connectivity index (χ1) is 6.75. The summed E-state index contributed by atoms with van der Waals surface area (Å²) >= 11 is 1.55. The minimum Gasteiger partial charge on any atom is -0.351 e. The molecule has 0 bridgehead atoms. The fraction of sp³-hybridized carbons (Fsp3) is 0.500. The lowest BCUT2D eigenvalue weighted by Gasteiger charge is -2.26. The van der Waals surface area contributed by atoms with Crippen LogP contribution in [0, 0.1) is 12.8 Å². The van der Waals surface area contributed by atoms with E-state index in [4.69, 9.17) is 0 Å². The van der Waals surface area contributed by atoms with Crippen LogP contribution in [0.2, 0.25) is 0 Å². The summed E-state index contributed by atoms with van der Waals surface area (Å²) in [5, 5.41) is 6.13. The molecule has 1 amide bonds. The standard InChI is InChI=1S/C10H14N2OS.ClH/c1-7-2-3-9(14-7)10(13)12-6-8-4-11-5-8;/h2-3,8,11H,4-6H2,1H3,(H,12,13);1H. The lowest BCUT2D eigenvalue weighted by Crippen LogP contribution is -2.48. The highest BCUT2D eigenvalue weighted by atomic mass is 35.5. The number of hydrogen-bond donors (Lipinski definition) is 2. The van der Waals surface area contributed by atoms with E-state index in [1.165, 1.54) is 4.88 Å². The van der Waals surface area contributed by atoms with Crippen molar-refractivity contribution >= 4 is 29.7 Å². The molecule has 1 aromatic rings. The van der Waals surface area contributed by atoms with Gasteiger partial charge in [-0.05, 0) is 19.1 Å². The molecule has 84 valence electrons. The Morgan fingerprint density at radius 3 is 2.80 bits per heavy atom. The number of nitrogens with one attached hydrogen (secondary N) is 2. The Morgan fingerprint density at radius 2 is 2.33 bits per heavy atom. The van der Waals surface area contributed by atoms with Crippen molar-refractivity contribution in [2.45, 2.75) is 6.92 Å². The van der Waals surface area contributed by atoms with Crippen LogP contribution in [-0.2, 0) is 0 Å². The first kappa shape index (κ1) is 12.5. The van der Waals surface area contributed by atoms with Gasteiger partial charge < -0.3 is 10.6 Å². The molecule has 1 saturated heterocycles. The first-order valence-electron chi connectivity index (χ1n) is 4.81. The zero-order valence-electron chi connectivity index (χ0n) is 8.58. The third kappa shape index (κ3) is 3.19. The van der Waals surface area contributed by atoms with E-state index in [0.717, 1.165) is 24.5 Å². The first-order valence-corrected chi connectivity index (χ1v) is 5.62. The number of amides is 1. The van der Waals surface area contributed by atoms with Crippen LogP contribution >= 0.6 is 23.7 Å². The quantitative estimate of drug-likeness (QED) is 0.847. The highest BCUT2D eigenvalue weighted by Gasteiger charge is 2.17. The third-order valence-electron chi connectivity index (χ3n) is 2.38. The molecule has 0 radical (unpaired) electrons. The summed E-state index contributed by atoms with van der Waals surface area (Å²) in [6.45, 7) is 4.87. The Morgan fingerprint density at radius 1 is 1.60 bits per heavy atom. The van der Waals surface area contributed by atoms with Gasteiger partial charge in [0.25, 0.3) is 5.91 Å². The number of hydrogen-bond acceptors (Lipinski definition) is 3. The van der Waals surface area contributed by atoms with Crippen LogP contribution in [0.25, 0.3) is 0 Å². The van der Waals surface area contributed by atoms with E-state index in [0.29, 0.717) is 5.92 Å². The molecule has 2 rings (SSSR count). The van der Waals surface area contributed by atoms with Crippen molar-refractivity contribution in [2.24, 2.45) is 5.92 Å². The van der Waals surface area contributed by atoms with Gasteiger partial charge in [-0.15, -0.1) is 23.7 Å². The van der Waals surface area contributed by atoms with Gasteiger partial charge >= 0.3 is 0 Å². The van der Waals surface area contributed by atoms with Crippen LogP contribution in [0.4, 0.5) is 0 Å². The van der Waals surface area contributed by atoms with Gasteiger partial charge in [0.2, 0.25) is 0 Å². The van der Waals surface area contributed by atoms with Crippen LogP contribution in [0.15, 0.2) is 12.1 Å². The normalized spacial score (nSPS) is 15.3. The van der Waals surface area contributed by atoms with Crippen molar-refractivity contribution in [3.63, 3.8) is 0 Å². The van der Waals surface area contributed by atoms with Crippen molar-refractivity contribution in [1.29, 1.82) is 0 Å². The second kappa shape index (κ2) is 5.49. The van der Waals surface area contributed by atoms with Gasteiger partial charge in [0.15, 0.2) is 0 Å². The number of thiophene rings is 1. The SMILES string of the molecule is Cc1ccc(C(=O)NCC2CNC2)s1.Cl. The van der Waals surface area contributed by atoms with Crippen LogP contribution in [0.5, 0.6) is 0 Å². The maximum absolute atomic E-state index is 11.6. The Hall–Kier alpha value is -0.580. The van der Waals surface area contributed by atoms with E-state index >= 15 is 0 Å². The average Bonchev–Trinajstić information content (AvgIpc) is 2.49. The highest BCUT2D eigenvalue weighted by molar-refractivity contribution is 7.13. The second-order valence-electron chi connectivity index (χ2n) is 3.64. The molecular formula is C10H15ClN2OS. The zero-order valence-corrected chi connectivity index (χ0v) is 10.2. The summed E-state index contributed by atoms with van der Waals surface area (Å²) in [6.07, 6.45) is 0. The van der Waals surface area contributed by atoms with Gasteiger partial charge in [0, 0.05) is 30.4 Å². The molecule has 0 aliphatic carbocycles. The van der Waals surface area contributed by atoms with Gasteiger partial charge in [-0.25, -0.2) is 0 Å². The Kier molecular flexibility index (Phi) is 4.57. The molecule has 0 aromatic carbocycles. The average molecular weight is 247 g/mol. The smallest absolute Gasteiger partial charge is 0.261 e. The predicted octanol–water partition coefficient (Wildman–Crippen LogP) is 1.43. The van der Waals surface area contributed by atoms with E-state index in [9.17, 15) is 4.79 Å². The second-order valence-corrected chi connectivity index (χ2v) is 4.93. The molecule has 0 saturated carbocycles. The van der Waals surface area contributed by atoms with Crippen LogP contribution in [-0.4, -0.2) is 25.5 Å². The van der Waals surface area contributed by atoms with E-state index in [1.54, 1.807) is 11.3 Å². The van der Waals surface area contributed by atoms with Gasteiger partial charge in [-0.1, -0.05) is 0 Å². The topological polar surface area (TPSA) is 41.1 Å². The molecular weight excluding hydrogens is 232 g/mol. The number of aryl methyl sites for hydroxylation is 1. The zero-order chi connectivity index (χ0) is 9.97. The molecule has 5 heteroatoms. The predicted molar refractivity (Wildman–Crippen MR) is 65.0 cm³/mol. The summed E-state index contributed by atoms with van der Waals surface area (Å²) in [5.74, 6) is 0.690. The molecule has 1 aliphatic heterocycles. The summed E-state index contributed by atoms with van der Waals surface area (Å²) in [7, 11) is 0. The summed E-state index contributed by atoms with van der Waals surface area (Å²) in [5.41, 5.74) is 0. The van der Waals surface area contributed by atoms with Gasteiger partial charge in [-0.2, -0.15) is 0 Å². The molecule has 0 atom stereocenters. The Bertz CT molecular complexity index is 336. The van der Waals surface area contributed by atoms with Crippen LogP contribution in [0.1, 0.15) is 14.5 Å². The van der Waals surface area contributed by atoms with E-state index in [2.05, 4.69) is 10.6 Å². The Balaban J connectivity index is 0.00000112. The van der Waals surface area contributed by atoms with E-state index in [1.807, 2.05) is 19.1 Å². The fourth-order valence-corrected chi connectivity index (χ4v) is 2.16. The lowest BCUT2D eigenvalue weighted by molar-refractivity contribution is 0.0946. The Labute approximate surface area is 99.7 Å². The van der Waals surface area contributed by atoms with Crippen LogP contribution < -0.4 is 10.6 Å². The minimum atomic E-state index is 0. The molecule has 15 heavy (non-hydrogen) atoms. The molecule has 2 N–H and O–H groups in total. The van der Waals surface area contributed by atoms with Crippen molar-refractivity contribution in [3.8, 4) is 0 Å². The molecule has 1 aromatic heterocycles. The van der Waals surface area contributed by atoms with Crippen LogP contribution in [0.3, 0.4) is 0 Å². The lowest BCUT2D eigenvalue weighted by atomic mass is 10.0. The van der Waals surface area contributed by atoms with Crippen molar-refractivity contribution in [3.05, 3.63) is 21.9 Å². The monoisotopic (exact) mass is 246 g/mol. The molecule has 0 unspecified atom stereocenters. The van der Waals surface area contributed by atoms with Gasteiger partial charge in [0.05, 0.1) is 4.88 Å². The van der Waals surface area contributed by atoms with Crippen molar-refractivity contribution in [1.82, 2.24) is 10.6 Å². The van der Waals surface area contributed by atoms with E-state index < -0.39 is 0 Å². The summed E-state index contributed by atoms with van der Waals surface area (Å²) < 4.78 is 0. The maximum atomic E-state index is 11.6. The molecule has 3 nitrogen and oxygen atoms in total. The third-order valence-corrected chi connectivity index (χ3v) is 3.38. The fourth-order valence-electron chi connectivity index (χ4n) is 1.37. The largest absolute Gasteiger partial charge is 0.351 e. The number of halogens is 1. The van der Waals surface area contributed by atoms with Gasteiger partial charge in [-0.3, -0.25) is 4.79 Å². The molecule has 2 heterocycles. The van der Waals surface area contributed by atoms with Gasteiger partial charge in [0.1, 0.15) is 0 Å². The molecule has 1 fully saturated rings.